The van der Waals surface area contributed by atoms with Gasteiger partial charge in [0.25, 0.3) is 5.91 Å². The van der Waals surface area contributed by atoms with Gasteiger partial charge in [-0.15, -0.1) is 11.3 Å². The largest absolute Gasteiger partial charge is 0.397 e. The third-order valence-corrected chi connectivity index (χ3v) is 4.40. The molecular formula is C14H17FN2O2S. The molecular weight excluding hydrogens is 279 g/mol. The molecule has 0 aliphatic heterocycles. The minimum atomic E-state index is -0.433. The molecule has 6 heteroatoms. The quantitative estimate of drug-likeness (QED) is 0.811. The maximum absolute atomic E-state index is 13.7. The van der Waals surface area contributed by atoms with Crippen molar-refractivity contribution in [3.63, 3.8) is 0 Å². The van der Waals surface area contributed by atoms with Gasteiger partial charge in [0.15, 0.2) is 0 Å². The Labute approximate surface area is 120 Å². The van der Waals surface area contributed by atoms with Gasteiger partial charge in [-0.05, 0) is 18.1 Å². The summed E-state index contributed by atoms with van der Waals surface area (Å²) in [5.74, 6) is -0.718. The van der Waals surface area contributed by atoms with E-state index in [2.05, 4.69) is 5.32 Å². The number of benzene rings is 1. The number of rotatable bonds is 4. The van der Waals surface area contributed by atoms with Crippen molar-refractivity contribution in [2.45, 2.75) is 19.9 Å². The number of nitrogen functional groups attached to an aromatic ring is 1. The van der Waals surface area contributed by atoms with E-state index in [0.717, 1.165) is 11.3 Å². The molecule has 20 heavy (non-hydrogen) atoms. The number of aliphatic hydroxyl groups is 1. The van der Waals surface area contributed by atoms with Crippen LogP contribution in [0.25, 0.3) is 10.1 Å². The van der Waals surface area contributed by atoms with E-state index in [1.54, 1.807) is 12.1 Å². The summed E-state index contributed by atoms with van der Waals surface area (Å²) in [6.45, 7) is 3.65. The van der Waals surface area contributed by atoms with Crippen LogP contribution in [0.3, 0.4) is 0 Å². The number of hydrogen-bond donors (Lipinski definition) is 3. The molecule has 0 aliphatic carbocycles. The Morgan fingerprint density at radius 2 is 2.20 bits per heavy atom. The van der Waals surface area contributed by atoms with Crippen LogP contribution in [0, 0.1) is 11.7 Å². The number of carbonyl (C=O) groups is 1. The third-order valence-electron chi connectivity index (χ3n) is 3.23. The molecule has 1 amide bonds. The van der Waals surface area contributed by atoms with Crippen molar-refractivity contribution in [2.75, 3.05) is 12.3 Å². The van der Waals surface area contributed by atoms with Gasteiger partial charge in [-0.2, -0.15) is 0 Å². The third kappa shape index (κ3) is 2.62. The summed E-state index contributed by atoms with van der Waals surface area (Å²) >= 11 is 1.15. The van der Waals surface area contributed by atoms with Gasteiger partial charge in [0.1, 0.15) is 10.7 Å². The fourth-order valence-corrected chi connectivity index (χ4v) is 2.99. The molecule has 0 unspecified atom stereocenters. The van der Waals surface area contributed by atoms with E-state index < -0.39 is 5.82 Å². The van der Waals surface area contributed by atoms with Gasteiger partial charge in [-0.25, -0.2) is 4.39 Å². The van der Waals surface area contributed by atoms with Gasteiger partial charge in [-0.1, -0.05) is 19.9 Å². The molecule has 1 heterocycles. The van der Waals surface area contributed by atoms with Crippen LogP contribution >= 0.6 is 11.3 Å². The van der Waals surface area contributed by atoms with Gasteiger partial charge in [0, 0.05) is 4.70 Å². The molecule has 0 radical (unpaired) electrons. The number of carbonyl (C=O) groups excluding carboxylic acids is 1. The van der Waals surface area contributed by atoms with E-state index in [0.29, 0.717) is 4.70 Å². The fraction of sp³-hybridized carbons (Fsp3) is 0.357. The van der Waals surface area contributed by atoms with Crippen molar-refractivity contribution in [3.05, 3.63) is 28.9 Å². The number of amides is 1. The molecule has 1 atom stereocenters. The van der Waals surface area contributed by atoms with Crippen molar-refractivity contribution in [1.29, 1.82) is 0 Å². The minimum Gasteiger partial charge on any atom is -0.397 e. The van der Waals surface area contributed by atoms with Crippen LogP contribution in [0.4, 0.5) is 10.1 Å². The summed E-state index contributed by atoms with van der Waals surface area (Å²) in [5.41, 5.74) is 6.03. The van der Waals surface area contributed by atoms with Crippen LogP contribution in [0.5, 0.6) is 0 Å². The minimum absolute atomic E-state index is 0.0938. The van der Waals surface area contributed by atoms with Crippen molar-refractivity contribution in [1.82, 2.24) is 5.32 Å². The highest BCUT2D eigenvalue weighted by Crippen LogP contribution is 2.35. The number of anilines is 1. The SMILES string of the molecule is CC(C)[C@@H](CO)NC(=O)c1sc2cccc(F)c2c1N. The number of hydrogen-bond acceptors (Lipinski definition) is 4. The number of fused-ring (bicyclic) bond motifs is 1. The molecule has 0 saturated heterocycles. The zero-order chi connectivity index (χ0) is 14.9. The first-order valence-electron chi connectivity index (χ1n) is 6.34. The topological polar surface area (TPSA) is 75.3 Å². The lowest BCUT2D eigenvalue weighted by Gasteiger charge is -2.19. The van der Waals surface area contributed by atoms with Gasteiger partial charge in [0.05, 0.1) is 23.7 Å². The summed E-state index contributed by atoms with van der Waals surface area (Å²) in [6.07, 6.45) is 0. The Morgan fingerprint density at radius 1 is 1.50 bits per heavy atom. The highest BCUT2D eigenvalue weighted by Gasteiger charge is 2.22. The first-order chi connectivity index (χ1) is 9.45. The van der Waals surface area contributed by atoms with Gasteiger partial charge in [-0.3, -0.25) is 4.79 Å². The zero-order valence-electron chi connectivity index (χ0n) is 11.3. The average Bonchev–Trinajstić information content (AvgIpc) is 2.74. The summed E-state index contributed by atoms with van der Waals surface area (Å²) in [5, 5.41) is 12.3. The van der Waals surface area contributed by atoms with Crippen molar-refractivity contribution >= 4 is 33.0 Å². The van der Waals surface area contributed by atoms with E-state index in [-0.39, 0.29) is 40.4 Å². The van der Waals surface area contributed by atoms with E-state index >= 15 is 0 Å². The summed E-state index contributed by atoms with van der Waals surface area (Å²) < 4.78 is 14.4. The first-order valence-corrected chi connectivity index (χ1v) is 7.15. The molecule has 0 fully saturated rings. The summed E-state index contributed by atoms with van der Waals surface area (Å²) in [6, 6.07) is 4.27. The molecule has 2 rings (SSSR count). The smallest absolute Gasteiger partial charge is 0.263 e. The lowest BCUT2D eigenvalue weighted by Crippen LogP contribution is -2.41. The Kier molecular flexibility index (Phi) is 4.25. The van der Waals surface area contributed by atoms with Crippen molar-refractivity contribution in [3.8, 4) is 0 Å². The maximum Gasteiger partial charge on any atom is 0.263 e. The average molecular weight is 296 g/mol. The van der Waals surface area contributed by atoms with E-state index in [9.17, 15) is 14.3 Å². The normalized spacial score (nSPS) is 12.8. The number of thiophene rings is 1. The molecule has 108 valence electrons. The molecule has 0 aliphatic rings. The summed E-state index contributed by atoms with van der Waals surface area (Å²) in [7, 11) is 0. The van der Waals surface area contributed by atoms with Crippen LogP contribution in [0.2, 0.25) is 0 Å². The molecule has 2 aromatic rings. The highest BCUT2D eigenvalue weighted by atomic mass is 32.1. The highest BCUT2D eigenvalue weighted by molar-refractivity contribution is 7.21. The number of aliphatic hydroxyl groups excluding tert-OH is 1. The fourth-order valence-electron chi connectivity index (χ4n) is 1.95. The second-order valence-corrected chi connectivity index (χ2v) is 6.02. The Hall–Kier alpha value is -1.66. The molecule has 4 nitrogen and oxygen atoms in total. The van der Waals surface area contributed by atoms with Crippen LogP contribution in [-0.4, -0.2) is 23.7 Å². The molecule has 1 aromatic heterocycles. The van der Waals surface area contributed by atoms with E-state index in [1.165, 1.54) is 6.07 Å². The summed E-state index contributed by atoms with van der Waals surface area (Å²) in [4.78, 5) is 12.5. The molecule has 0 spiro atoms. The number of nitrogens with one attached hydrogen (secondary N) is 1. The molecule has 0 bridgehead atoms. The predicted molar refractivity (Wildman–Crippen MR) is 79.4 cm³/mol. The van der Waals surface area contributed by atoms with Crippen molar-refractivity contribution < 1.29 is 14.3 Å². The van der Waals surface area contributed by atoms with E-state index in [1.807, 2.05) is 13.8 Å². The van der Waals surface area contributed by atoms with E-state index in [4.69, 9.17) is 5.73 Å². The molecule has 1 aromatic carbocycles. The van der Waals surface area contributed by atoms with Crippen LogP contribution in [0.15, 0.2) is 18.2 Å². The van der Waals surface area contributed by atoms with Crippen molar-refractivity contribution in [2.24, 2.45) is 5.92 Å². The Morgan fingerprint density at radius 3 is 2.75 bits per heavy atom. The number of nitrogens with two attached hydrogens (primary N) is 1. The molecule has 0 saturated carbocycles. The van der Waals surface area contributed by atoms with Crippen LogP contribution in [0.1, 0.15) is 23.5 Å². The second-order valence-electron chi connectivity index (χ2n) is 4.96. The Balaban J connectivity index is 2.36. The first kappa shape index (κ1) is 14.7. The lowest BCUT2D eigenvalue weighted by atomic mass is 10.1. The van der Waals surface area contributed by atoms with Gasteiger partial charge < -0.3 is 16.2 Å². The van der Waals surface area contributed by atoms with Crippen LogP contribution in [-0.2, 0) is 0 Å². The predicted octanol–water partition coefficient (Wildman–Crippen LogP) is 2.37. The van der Waals surface area contributed by atoms with Gasteiger partial charge >= 0.3 is 0 Å². The van der Waals surface area contributed by atoms with Crippen LogP contribution < -0.4 is 11.1 Å². The maximum atomic E-state index is 13.7. The lowest BCUT2D eigenvalue weighted by molar-refractivity contribution is 0.0902. The zero-order valence-corrected chi connectivity index (χ0v) is 12.1. The second kappa shape index (κ2) is 5.76. The Bertz CT molecular complexity index is 639. The number of halogens is 1. The van der Waals surface area contributed by atoms with Gasteiger partial charge in [0.2, 0.25) is 0 Å². The monoisotopic (exact) mass is 296 g/mol. The molecule has 4 N–H and O–H groups in total. The standard InChI is InChI=1S/C14H17FN2O2S/c1-7(2)9(6-18)17-14(19)13-12(16)11-8(15)4-3-5-10(11)20-13/h3-5,7,9,18H,6,16H2,1-2H3,(H,17,19)/t9-/m1/s1.